The Morgan fingerprint density at radius 1 is 1.19 bits per heavy atom. The summed E-state index contributed by atoms with van der Waals surface area (Å²) in [5.74, 6) is -2.34. The summed E-state index contributed by atoms with van der Waals surface area (Å²) in [5.41, 5.74) is 11.6. The number of aromatic nitrogens is 4. The van der Waals surface area contributed by atoms with Crippen molar-refractivity contribution >= 4 is 22.5 Å². The van der Waals surface area contributed by atoms with E-state index in [9.17, 15) is 13.6 Å². The standard InChI is InChI=1S/C31H28F2N6O3/c1-17-11-28(42-30-23(32)3-2-4-24(30)33)35-14-27(17)39-31(34)22(13-36-39)29(40)26-12-21-20-7-9-38(16-19-8-10-41-19)15-18(20)5-6-25(21)37-26/h2-6,11-14,19,37H,7-10,15-16,34H2,1H3. The lowest BCUT2D eigenvalue weighted by Crippen LogP contribution is -2.42. The molecule has 0 spiro atoms. The fraction of sp³-hybridized carbons (Fsp3) is 0.258. The zero-order valence-electron chi connectivity index (χ0n) is 22.9. The highest BCUT2D eigenvalue weighted by atomic mass is 19.1. The highest BCUT2D eigenvalue weighted by Crippen LogP contribution is 2.32. The molecule has 7 rings (SSSR count). The minimum Gasteiger partial charge on any atom is -0.433 e. The third-order valence-electron chi connectivity index (χ3n) is 8.05. The molecule has 5 aromatic rings. The number of halogens is 2. The summed E-state index contributed by atoms with van der Waals surface area (Å²) in [7, 11) is 0. The first-order valence-corrected chi connectivity index (χ1v) is 13.8. The van der Waals surface area contributed by atoms with Crippen LogP contribution in [-0.2, 0) is 17.7 Å². The number of nitrogen functional groups attached to an aromatic ring is 1. The van der Waals surface area contributed by atoms with E-state index in [0.717, 1.165) is 62.1 Å². The Morgan fingerprint density at radius 3 is 2.74 bits per heavy atom. The fourth-order valence-corrected chi connectivity index (χ4v) is 5.69. The second-order valence-corrected chi connectivity index (χ2v) is 10.8. The van der Waals surface area contributed by atoms with Crippen LogP contribution in [0.2, 0.25) is 0 Å². The lowest BCUT2D eigenvalue weighted by Gasteiger charge is -2.35. The van der Waals surface area contributed by atoms with Gasteiger partial charge < -0.3 is 20.2 Å². The first kappa shape index (κ1) is 26.3. The lowest BCUT2D eigenvalue weighted by molar-refractivity contribution is -0.0683. The smallest absolute Gasteiger partial charge is 0.219 e. The number of H-pyrrole nitrogens is 1. The highest BCUT2D eigenvalue weighted by Gasteiger charge is 2.26. The van der Waals surface area contributed by atoms with Crippen LogP contribution in [0.1, 0.15) is 39.2 Å². The molecule has 1 saturated heterocycles. The summed E-state index contributed by atoms with van der Waals surface area (Å²) in [6, 6.07) is 11.0. The number of aromatic amines is 1. The second-order valence-electron chi connectivity index (χ2n) is 10.8. The normalized spacial score (nSPS) is 16.8. The number of nitrogens with two attached hydrogens (primary N) is 1. The molecule has 2 aromatic carbocycles. The van der Waals surface area contributed by atoms with Crippen molar-refractivity contribution in [3.05, 3.63) is 94.4 Å². The Labute approximate surface area is 239 Å². The van der Waals surface area contributed by atoms with E-state index in [4.69, 9.17) is 15.2 Å². The number of nitrogens with zero attached hydrogens (tertiary/aromatic N) is 4. The van der Waals surface area contributed by atoms with E-state index in [1.54, 1.807) is 6.92 Å². The Bertz CT molecular complexity index is 1820. The average Bonchev–Trinajstić information content (AvgIpc) is 3.56. The monoisotopic (exact) mass is 570 g/mol. The molecule has 2 aliphatic heterocycles. The van der Waals surface area contributed by atoms with Gasteiger partial charge in [0, 0.05) is 43.2 Å². The van der Waals surface area contributed by atoms with Crippen LogP contribution in [0.25, 0.3) is 16.6 Å². The molecule has 0 amide bonds. The topological polar surface area (TPSA) is 111 Å². The van der Waals surface area contributed by atoms with Gasteiger partial charge >= 0.3 is 0 Å². The first-order chi connectivity index (χ1) is 20.4. The number of anilines is 1. The van der Waals surface area contributed by atoms with Crippen LogP contribution in [0.3, 0.4) is 0 Å². The summed E-state index contributed by atoms with van der Waals surface area (Å²) in [5, 5.41) is 5.39. The highest BCUT2D eigenvalue weighted by molar-refractivity contribution is 6.12. The minimum absolute atomic E-state index is 0.00294. The van der Waals surface area contributed by atoms with E-state index in [0.29, 0.717) is 23.0 Å². The van der Waals surface area contributed by atoms with Gasteiger partial charge in [-0.25, -0.2) is 18.4 Å². The zero-order valence-corrected chi connectivity index (χ0v) is 22.9. The SMILES string of the molecule is Cc1cc(Oc2c(F)cccc2F)ncc1-n1ncc(C(=O)c2cc3c4c(ccc3[nH]2)CN(CC2CCO2)CC4)c1N. The number of benzene rings is 2. The van der Waals surface area contributed by atoms with Crippen molar-refractivity contribution in [2.45, 2.75) is 32.4 Å². The van der Waals surface area contributed by atoms with Crippen molar-refractivity contribution in [1.82, 2.24) is 24.6 Å². The number of carbonyl (C=O) groups excluding carboxylic acids is 1. The van der Waals surface area contributed by atoms with Gasteiger partial charge in [0.2, 0.25) is 17.4 Å². The van der Waals surface area contributed by atoms with E-state index in [1.165, 1.54) is 40.3 Å². The van der Waals surface area contributed by atoms with E-state index < -0.39 is 17.4 Å². The maximum atomic E-state index is 14.0. The number of carbonyl (C=O) groups is 1. The van der Waals surface area contributed by atoms with Gasteiger partial charge in [-0.05, 0) is 60.7 Å². The van der Waals surface area contributed by atoms with Crippen LogP contribution in [-0.4, -0.2) is 56.2 Å². The third kappa shape index (κ3) is 4.60. The summed E-state index contributed by atoms with van der Waals surface area (Å²) >= 11 is 0. The average molecular weight is 571 g/mol. The molecule has 0 radical (unpaired) electrons. The van der Waals surface area contributed by atoms with Crippen molar-refractivity contribution in [1.29, 1.82) is 0 Å². The van der Waals surface area contributed by atoms with Crippen molar-refractivity contribution in [2.24, 2.45) is 0 Å². The van der Waals surface area contributed by atoms with Gasteiger partial charge in [0.1, 0.15) is 5.82 Å². The molecule has 11 heteroatoms. The number of rotatable bonds is 7. The maximum absolute atomic E-state index is 14.0. The number of hydrogen-bond acceptors (Lipinski definition) is 7. The van der Waals surface area contributed by atoms with Crippen LogP contribution in [0.4, 0.5) is 14.6 Å². The Hall–Kier alpha value is -4.61. The number of ether oxygens (including phenoxy) is 2. The Kier molecular flexibility index (Phi) is 6.47. The van der Waals surface area contributed by atoms with Crippen molar-refractivity contribution in [2.75, 3.05) is 25.4 Å². The molecule has 5 heterocycles. The third-order valence-corrected chi connectivity index (χ3v) is 8.05. The fourth-order valence-electron chi connectivity index (χ4n) is 5.69. The van der Waals surface area contributed by atoms with Crippen molar-refractivity contribution in [3.63, 3.8) is 0 Å². The van der Waals surface area contributed by atoms with Crippen LogP contribution < -0.4 is 10.5 Å². The van der Waals surface area contributed by atoms with Gasteiger partial charge in [-0.1, -0.05) is 12.1 Å². The van der Waals surface area contributed by atoms with Crippen LogP contribution in [0.5, 0.6) is 11.6 Å². The molecule has 3 aromatic heterocycles. The molecule has 1 unspecified atom stereocenters. The van der Waals surface area contributed by atoms with Gasteiger partial charge in [-0.15, -0.1) is 0 Å². The van der Waals surface area contributed by atoms with Crippen LogP contribution in [0, 0.1) is 18.6 Å². The van der Waals surface area contributed by atoms with Gasteiger partial charge in [-0.3, -0.25) is 9.69 Å². The van der Waals surface area contributed by atoms with E-state index >= 15 is 0 Å². The number of fused-ring (bicyclic) bond motifs is 3. The predicted molar refractivity (Wildman–Crippen MR) is 152 cm³/mol. The van der Waals surface area contributed by atoms with Crippen molar-refractivity contribution < 1.29 is 23.0 Å². The largest absolute Gasteiger partial charge is 0.433 e. The van der Waals surface area contributed by atoms with Crippen LogP contribution >= 0.6 is 0 Å². The number of ketones is 1. The molecule has 42 heavy (non-hydrogen) atoms. The molecule has 214 valence electrons. The molecule has 3 N–H and O–H groups in total. The summed E-state index contributed by atoms with van der Waals surface area (Å²) in [6.07, 6.45) is 5.22. The Balaban J connectivity index is 1.13. The number of nitrogens with one attached hydrogen (secondary N) is 1. The number of hydrogen-bond donors (Lipinski definition) is 2. The van der Waals surface area contributed by atoms with E-state index in [2.05, 4.69) is 26.0 Å². The number of aryl methyl sites for hydroxylation is 1. The maximum Gasteiger partial charge on any atom is 0.219 e. The summed E-state index contributed by atoms with van der Waals surface area (Å²) in [6.45, 7) is 5.38. The van der Waals surface area contributed by atoms with Gasteiger partial charge in [-0.2, -0.15) is 5.10 Å². The lowest BCUT2D eigenvalue weighted by atomic mass is 9.95. The van der Waals surface area contributed by atoms with Crippen LogP contribution in [0.15, 0.2) is 54.9 Å². The first-order valence-electron chi connectivity index (χ1n) is 13.8. The molecule has 0 saturated carbocycles. The summed E-state index contributed by atoms with van der Waals surface area (Å²) in [4.78, 5) is 23.4. The molecule has 1 atom stereocenters. The molecule has 2 aliphatic rings. The predicted octanol–water partition coefficient (Wildman–Crippen LogP) is 5.09. The zero-order chi connectivity index (χ0) is 29.0. The summed E-state index contributed by atoms with van der Waals surface area (Å²) < 4.78 is 40.4. The molecular formula is C31H28F2N6O3. The van der Waals surface area contributed by atoms with Gasteiger partial charge in [0.15, 0.2) is 11.6 Å². The molecule has 0 bridgehead atoms. The molecule has 0 aliphatic carbocycles. The Morgan fingerprint density at radius 2 is 2.00 bits per heavy atom. The second kappa shape index (κ2) is 10.3. The van der Waals surface area contributed by atoms with E-state index in [-0.39, 0.29) is 23.0 Å². The molecule has 9 nitrogen and oxygen atoms in total. The van der Waals surface area contributed by atoms with Gasteiger partial charge in [0.05, 0.1) is 35.4 Å². The quantitative estimate of drug-likeness (QED) is 0.262. The number of para-hydroxylation sites is 1. The number of pyridine rings is 1. The molecule has 1 fully saturated rings. The van der Waals surface area contributed by atoms with Gasteiger partial charge in [0.25, 0.3) is 0 Å². The minimum atomic E-state index is -0.837. The van der Waals surface area contributed by atoms with Crippen molar-refractivity contribution in [3.8, 4) is 17.3 Å². The van der Waals surface area contributed by atoms with E-state index in [1.807, 2.05) is 12.1 Å². The molecular weight excluding hydrogens is 542 g/mol.